The van der Waals surface area contributed by atoms with Gasteiger partial charge in [0.05, 0.1) is 30.0 Å². The SMILES string of the molecule is COc1cccc(C(=O)CN2C(=O)C(C)Oc3ccc(-c4nc(C)sc4C)cc32)c1. The molecule has 0 bridgehead atoms. The molecule has 3 aromatic rings. The van der Waals surface area contributed by atoms with Crippen molar-refractivity contribution in [2.24, 2.45) is 0 Å². The van der Waals surface area contributed by atoms with Crippen molar-refractivity contribution in [2.45, 2.75) is 26.9 Å². The van der Waals surface area contributed by atoms with Gasteiger partial charge in [0, 0.05) is 16.0 Å². The number of ether oxygens (including phenoxy) is 2. The molecule has 0 radical (unpaired) electrons. The summed E-state index contributed by atoms with van der Waals surface area (Å²) in [7, 11) is 1.55. The Balaban J connectivity index is 1.71. The molecule has 6 nitrogen and oxygen atoms in total. The molecule has 1 aromatic heterocycles. The number of carbonyl (C=O) groups is 2. The molecule has 4 rings (SSSR count). The zero-order valence-electron chi connectivity index (χ0n) is 17.3. The van der Waals surface area contributed by atoms with Crippen LogP contribution < -0.4 is 14.4 Å². The summed E-state index contributed by atoms with van der Waals surface area (Å²) in [6.45, 7) is 5.60. The number of carbonyl (C=O) groups excluding carboxylic acids is 2. The van der Waals surface area contributed by atoms with Gasteiger partial charge < -0.3 is 9.47 Å². The maximum absolute atomic E-state index is 13.0. The number of rotatable bonds is 5. The van der Waals surface area contributed by atoms with Crippen LogP contribution in [0.15, 0.2) is 42.5 Å². The van der Waals surface area contributed by atoms with E-state index >= 15 is 0 Å². The van der Waals surface area contributed by atoms with E-state index in [0.717, 1.165) is 21.1 Å². The quantitative estimate of drug-likeness (QED) is 0.569. The molecule has 1 atom stereocenters. The van der Waals surface area contributed by atoms with Gasteiger partial charge in [-0.3, -0.25) is 14.5 Å². The van der Waals surface area contributed by atoms with Gasteiger partial charge in [0.15, 0.2) is 11.9 Å². The summed E-state index contributed by atoms with van der Waals surface area (Å²) in [6.07, 6.45) is -0.662. The van der Waals surface area contributed by atoms with E-state index < -0.39 is 6.10 Å². The summed E-state index contributed by atoms with van der Waals surface area (Å²) >= 11 is 1.63. The van der Waals surface area contributed by atoms with Crippen molar-refractivity contribution < 1.29 is 19.1 Å². The Labute approximate surface area is 179 Å². The number of Topliss-reactive ketones (excluding diaryl/α,β-unsaturated/α-hetero) is 1. The van der Waals surface area contributed by atoms with Crippen LogP contribution in [0.2, 0.25) is 0 Å². The number of anilines is 1. The molecule has 1 amide bonds. The molecule has 30 heavy (non-hydrogen) atoms. The molecule has 2 heterocycles. The van der Waals surface area contributed by atoms with Crippen LogP contribution in [0.5, 0.6) is 11.5 Å². The second kappa shape index (κ2) is 7.91. The first-order chi connectivity index (χ1) is 14.4. The minimum Gasteiger partial charge on any atom is -0.497 e. The van der Waals surface area contributed by atoms with E-state index in [1.54, 1.807) is 49.6 Å². The number of aryl methyl sites for hydroxylation is 2. The maximum atomic E-state index is 13.0. The summed E-state index contributed by atoms with van der Waals surface area (Å²) in [5.41, 5.74) is 2.84. The lowest BCUT2D eigenvalue weighted by atomic mass is 10.1. The Bertz CT molecular complexity index is 1140. The number of thiazole rings is 1. The highest BCUT2D eigenvalue weighted by atomic mass is 32.1. The van der Waals surface area contributed by atoms with Crippen molar-refractivity contribution in [3.05, 3.63) is 57.9 Å². The highest BCUT2D eigenvalue weighted by molar-refractivity contribution is 7.11. The molecule has 0 fully saturated rings. The predicted octanol–water partition coefficient (Wildman–Crippen LogP) is 4.43. The molecule has 0 N–H and O–H groups in total. The van der Waals surface area contributed by atoms with Gasteiger partial charge in [-0.05, 0) is 51.1 Å². The summed E-state index contributed by atoms with van der Waals surface area (Å²) in [5.74, 6) is 0.754. The number of fused-ring (bicyclic) bond motifs is 1. The molecule has 0 spiro atoms. The second-order valence-electron chi connectivity index (χ2n) is 7.16. The Morgan fingerprint density at radius 1 is 1.23 bits per heavy atom. The predicted molar refractivity (Wildman–Crippen MR) is 117 cm³/mol. The third-order valence-corrected chi connectivity index (χ3v) is 5.92. The Kier molecular flexibility index (Phi) is 5.30. The average molecular weight is 423 g/mol. The molecule has 7 heteroatoms. The number of hydrogen-bond acceptors (Lipinski definition) is 6. The minimum atomic E-state index is -0.662. The van der Waals surface area contributed by atoms with Crippen molar-refractivity contribution in [3.8, 4) is 22.8 Å². The number of hydrogen-bond donors (Lipinski definition) is 0. The van der Waals surface area contributed by atoms with Gasteiger partial charge in [-0.25, -0.2) is 4.98 Å². The fraction of sp³-hybridized carbons (Fsp3) is 0.261. The third-order valence-electron chi connectivity index (χ3n) is 5.04. The van der Waals surface area contributed by atoms with Gasteiger partial charge in [-0.2, -0.15) is 0 Å². The smallest absolute Gasteiger partial charge is 0.268 e. The van der Waals surface area contributed by atoms with Crippen molar-refractivity contribution in [1.29, 1.82) is 0 Å². The van der Waals surface area contributed by atoms with Crippen LogP contribution in [-0.4, -0.2) is 36.4 Å². The molecular weight excluding hydrogens is 400 g/mol. The fourth-order valence-electron chi connectivity index (χ4n) is 3.55. The molecule has 1 aliphatic rings. The number of methoxy groups -OCH3 is 1. The van der Waals surface area contributed by atoms with E-state index in [2.05, 4.69) is 4.98 Å². The van der Waals surface area contributed by atoms with Crippen LogP contribution >= 0.6 is 11.3 Å². The number of amides is 1. The van der Waals surface area contributed by atoms with Gasteiger partial charge in [0.1, 0.15) is 11.5 Å². The molecule has 154 valence electrons. The van der Waals surface area contributed by atoms with E-state index in [-0.39, 0.29) is 18.2 Å². The third kappa shape index (κ3) is 3.68. The molecule has 1 unspecified atom stereocenters. The number of ketones is 1. The van der Waals surface area contributed by atoms with Crippen molar-refractivity contribution in [2.75, 3.05) is 18.6 Å². The van der Waals surface area contributed by atoms with Gasteiger partial charge in [0.2, 0.25) is 0 Å². The van der Waals surface area contributed by atoms with E-state index in [9.17, 15) is 9.59 Å². The van der Waals surface area contributed by atoms with Crippen molar-refractivity contribution in [1.82, 2.24) is 4.98 Å². The largest absolute Gasteiger partial charge is 0.497 e. The highest BCUT2D eigenvalue weighted by Gasteiger charge is 2.33. The van der Waals surface area contributed by atoms with E-state index in [1.807, 2.05) is 32.0 Å². The monoisotopic (exact) mass is 422 g/mol. The lowest BCUT2D eigenvalue weighted by Crippen LogP contribution is -2.46. The van der Waals surface area contributed by atoms with Gasteiger partial charge in [0.25, 0.3) is 5.91 Å². The summed E-state index contributed by atoms with van der Waals surface area (Å²) in [4.78, 5) is 33.1. The first kappa shape index (κ1) is 20.1. The summed E-state index contributed by atoms with van der Waals surface area (Å²) < 4.78 is 11.0. The first-order valence-corrected chi connectivity index (χ1v) is 10.4. The second-order valence-corrected chi connectivity index (χ2v) is 8.57. The first-order valence-electron chi connectivity index (χ1n) is 9.61. The van der Waals surface area contributed by atoms with E-state index in [4.69, 9.17) is 9.47 Å². The van der Waals surface area contributed by atoms with Crippen LogP contribution in [0.4, 0.5) is 5.69 Å². The standard InChI is InChI=1S/C23H22N2O4S/c1-13-23(27)25(12-20(26)16-6-5-7-18(10-16)28-4)19-11-17(8-9-21(19)29-13)22-14(2)30-15(3)24-22/h5-11,13H,12H2,1-4H3. The lowest BCUT2D eigenvalue weighted by molar-refractivity contribution is -0.125. The summed E-state index contributed by atoms with van der Waals surface area (Å²) in [6, 6.07) is 12.6. The molecule has 2 aromatic carbocycles. The molecule has 1 aliphatic heterocycles. The summed E-state index contributed by atoms with van der Waals surface area (Å²) in [5, 5.41) is 0.978. The molecule has 0 saturated heterocycles. The topological polar surface area (TPSA) is 68.7 Å². The zero-order chi connectivity index (χ0) is 21.4. The van der Waals surface area contributed by atoms with Crippen molar-refractivity contribution in [3.63, 3.8) is 0 Å². The Morgan fingerprint density at radius 3 is 2.73 bits per heavy atom. The molecular formula is C23H22N2O4S. The average Bonchev–Trinajstić information content (AvgIpc) is 3.09. The minimum absolute atomic E-state index is 0.0781. The van der Waals surface area contributed by atoms with Gasteiger partial charge >= 0.3 is 0 Å². The lowest BCUT2D eigenvalue weighted by Gasteiger charge is -2.33. The normalized spacial score (nSPS) is 15.5. The fourth-order valence-corrected chi connectivity index (χ4v) is 4.39. The van der Waals surface area contributed by atoms with Crippen LogP contribution in [0, 0.1) is 13.8 Å². The maximum Gasteiger partial charge on any atom is 0.268 e. The van der Waals surface area contributed by atoms with Crippen molar-refractivity contribution >= 4 is 28.7 Å². The highest BCUT2D eigenvalue weighted by Crippen LogP contribution is 2.39. The van der Waals surface area contributed by atoms with Crippen LogP contribution in [-0.2, 0) is 4.79 Å². The number of aromatic nitrogens is 1. The van der Waals surface area contributed by atoms with Crippen LogP contribution in [0.25, 0.3) is 11.3 Å². The number of nitrogens with zero attached hydrogens (tertiary/aromatic N) is 2. The Hall–Kier alpha value is -3.19. The van der Waals surface area contributed by atoms with Gasteiger partial charge in [-0.15, -0.1) is 11.3 Å². The van der Waals surface area contributed by atoms with E-state index in [0.29, 0.717) is 22.7 Å². The van der Waals surface area contributed by atoms with Gasteiger partial charge in [-0.1, -0.05) is 12.1 Å². The Morgan fingerprint density at radius 2 is 2.03 bits per heavy atom. The number of benzene rings is 2. The van der Waals surface area contributed by atoms with Crippen LogP contribution in [0.1, 0.15) is 27.2 Å². The molecule has 0 saturated carbocycles. The van der Waals surface area contributed by atoms with Crippen LogP contribution in [0.3, 0.4) is 0 Å². The molecule has 0 aliphatic carbocycles. The van der Waals surface area contributed by atoms with E-state index in [1.165, 1.54) is 4.90 Å². The zero-order valence-corrected chi connectivity index (χ0v) is 18.1.